The molecule has 0 amide bonds. The van der Waals surface area contributed by atoms with Gasteiger partial charge >= 0.3 is 5.97 Å². The molecule has 3 heterocycles. The largest absolute Gasteiger partial charge is 0.481 e. The molecule has 2 aliphatic rings. The Bertz CT molecular complexity index is 761. The van der Waals surface area contributed by atoms with E-state index in [0.29, 0.717) is 12.3 Å². The van der Waals surface area contributed by atoms with Gasteiger partial charge in [0, 0.05) is 31.5 Å². The fourth-order valence-electron chi connectivity index (χ4n) is 4.09. The number of hydrogen-bond acceptors (Lipinski definition) is 5. The molecular formula is C19H26N4O3. The van der Waals surface area contributed by atoms with Crippen molar-refractivity contribution < 1.29 is 14.4 Å². The van der Waals surface area contributed by atoms with Crippen LogP contribution in [0.25, 0.3) is 0 Å². The molecule has 2 aromatic heterocycles. The van der Waals surface area contributed by atoms with E-state index < -0.39 is 5.97 Å². The quantitative estimate of drug-likeness (QED) is 0.855. The first-order chi connectivity index (χ1) is 12.7. The predicted octanol–water partition coefficient (Wildman–Crippen LogP) is 2.95. The molecular weight excluding hydrogens is 332 g/mol. The van der Waals surface area contributed by atoms with E-state index in [1.165, 1.54) is 32.1 Å². The standard InChI is InChI=1S/C19H26N4O3/c24-19(25)7-6-15-10-16-12-22(8-9-23(16)20-15)13-17-11-18(21-26-17)14-4-2-1-3-5-14/h10-11,14H,1-9,12-13H2,(H,24,25). The third-order valence-corrected chi connectivity index (χ3v) is 5.50. The van der Waals surface area contributed by atoms with Crippen LogP contribution in [0.2, 0.25) is 0 Å². The highest BCUT2D eigenvalue weighted by atomic mass is 16.5. The minimum absolute atomic E-state index is 0.127. The van der Waals surface area contributed by atoms with Crippen molar-refractivity contribution in [2.24, 2.45) is 0 Å². The molecule has 1 fully saturated rings. The average Bonchev–Trinajstić information content (AvgIpc) is 3.27. The Morgan fingerprint density at radius 3 is 2.88 bits per heavy atom. The maximum absolute atomic E-state index is 10.7. The van der Waals surface area contributed by atoms with Crippen LogP contribution in [0.4, 0.5) is 0 Å². The second-order valence-corrected chi connectivity index (χ2v) is 7.51. The Morgan fingerprint density at radius 1 is 1.23 bits per heavy atom. The molecule has 0 bridgehead atoms. The van der Waals surface area contributed by atoms with E-state index >= 15 is 0 Å². The lowest BCUT2D eigenvalue weighted by Crippen LogP contribution is -2.33. The fourth-order valence-corrected chi connectivity index (χ4v) is 4.09. The first-order valence-corrected chi connectivity index (χ1v) is 9.62. The third kappa shape index (κ3) is 3.98. The van der Waals surface area contributed by atoms with Gasteiger partial charge in [-0.15, -0.1) is 0 Å². The molecule has 1 aliphatic carbocycles. The predicted molar refractivity (Wildman–Crippen MR) is 94.6 cm³/mol. The number of aromatic nitrogens is 3. The van der Waals surface area contributed by atoms with Gasteiger partial charge in [-0.3, -0.25) is 14.4 Å². The summed E-state index contributed by atoms with van der Waals surface area (Å²) in [6, 6.07) is 4.17. The lowest BCUT2D eigenvalue weighted by molar-refractivity contribution is -0.136. The van der Waals surface area contributed by atoms with Crippen molar-refractivity contribution in [2.45, 2.75) is 70.5 Å². The van der Waals surface area contributed by atoms with Gasteiger partial charge in [-0.2, -0.15) is 5.10 Å². The summed E-state index contributed by atoms with van der Waals surface area (Å²) < 4.78 is 7.60. The summed E-state index contributed by atoms with van der Waals surface area (Å²) >= 11 is 0. The molecule has 140 valence electrons. The molecule has 7 nitrogen and oxygen atoms in total. The summed E-state index contributed by atoms with van der Waals surface area (Å²) in [6.45, 7) is 3.30. The number of carboxylic acid groups (broad SMARTS) is 1. The zero-order valence-electron chi connectivity index (χ0n) is 15.1. The molecule has 0 radical (unpaired) electrons. The topological polar surface area (TPSA) is 84.4 Å². The average molecular weight is 358 g/mol. The minimum atomic E-state index is -0.781. The van der Waals surface area contributed by atoms with Crippen LogP contribution >= 0.6 is 0 Å². The molecule has 26 heavy (non-hydrogen) atoms. The molecule has 1 N–H and O–H groups in total. The Morgan fingerprint density at radius 2 is 2.08 bits per heavy atom. The number of carboxylic acids is 1. The van der Waals surface area contributed by atoms with E-state index in [4.69, 9.17) is 9.63 Å². The number of hydrogen-bond donors (Lipinski definition) is 1. The summed E-state index contributed by atoms with van der Waals surface area (Å²) in [4.78, 5) is 13.1. The van der Waals surface area contributed by atoms with Crippen LogP contribution in [0.3, 0.4) is 0 Å². The number of aryl methyl sites for hydroxylation is 1. The monoisotopic (exact) mass is 358 g/mol. The summed E-state index contributed by atoms with van der Waals surface area (Å²) in [5.41, 5.74) is 3.13. The van der Waals surface area contributed by atoms with Crippen LogP contribution in [0, 0.1) is 0 Å². The van der Waals surface area contributed by atoms with Crippen LogP contribution < -0.4 is 0 Å². The van der Waals surface area contributed by atoms with Gasteiger partial charge in [-0.1, -0.05) is 24.4 Å². The van der Waals surface area contributed by atoms with Crippen molar-refractivity contribution >= 4 is 5.97 Å². The lowest BCUT2D eigenvalue weighted by Gasteiger charge is -2.26. The van der Waals surface area contributed by atoms with Gasteiger partial charge in [0.2, 0.25) is 0 Å². The molecule has 7 heteroatoms. The van der Waals surface area contributed by atoms with Crippen LogP contribution in [0.15, 0.2) is 16.7 Å². The van der Waals surface area contributed by atoms with Gasteiger partial charge in [0.15, 0.2) is 5.76 Å². The normalized spacial score (nSPS) is 18.8. The van der Waals surface area contributed by atoms with Crippen molar-refractivity contribution in [1.82, 2.24) is 19.8 Å². The SMILES string of the molecule is O=C(O)CCc1cc2n(n1)CCN(Cc1cc(C3CCCCC3)no1)C2. The summed E-state index contributed by atoms with van der Waals surface area (Å²) in [5, 5.41) is 17.7. The molecule has 4 rings (SSSR count). The van der Waals surface area contributed by atoms with E-state index in [9.17, 15) is 4.79 Å². The van der Waals surface area contributed by atoms with Gasteiger partial charge in [0.05, 0.1) is 36.6 Å². The highest BCUT2D eigenvalue weighted by Crippen LogP contribution is 2.32. The number of fused-ring (bicyclic) bond motifs is 1. The molecule has 0 saturated heterocycles. The Balaban J connectivity index is 1.35. The van der Waals surface area contributed by atoms with Crippen molar-refractivity contribution in [3.63, 3.8) is 0 Å². The third-order valence-electron chi connectivity index (χ3n) is 5.50. The molecule has 1 saturated carbocycles. The molecule has 0 spiro atoms. The van der Waals surface area contributed by atoms with Crippen molar-refractivity contribution in [2.75, 3.05) is 6.54 Å². The first-order valence-electron chi connectivity index (χ1n) is 9.62. The van der Waals surface area contributed by atoms with E-state index in [-0.39, 0.29) is 6.42 Å². The zero-order chi connectivity index (χ0) is 17.9. The van der Waals surface area contributed by atoms with Crippen LogP contribution in [-0.2, 0) is 30.8 Å². The maximum Gasteiger partial charge on any atom is 0.303 e. The van der Waals surface area contributed by atoms with E-state index in [1.807, 2.05) is 10.7 Å². The van der Waals surface area contributed by atoms with Gasteiger partial charge < -0.3 is 9.63 Å². The lowest BCUT2D eigenvalue weighted by atomic mass is 9.87. The second-order valence-electron chi connectivity index (χ2n) is 7.51. The molecule has 1 aliphatic heterocycles. The van der Waals surface area contributed by atoms with Gasteiger partial charge in [-0.25, -0.2) is 0 Å². The van der Waals surface area contributed by atoms with Gasteiger partial charge in [-0.05, 0) is 18.9 Å². The second kappa shape index (κ2) is 7.61. The Labute approximate surface area is 153 Å². The van der Waals surface area contributed by atoms with E-state index in [0.717, 1.165) is 49.0 Å². The molecule has 0 unspecified atom stereocenters. The molecule has 0 aromatic carbocycles. The highest BCUT2D eigenvalue weighted by Gasteiger charge is 2.22. The summed E-state index contributed by atoms with van der Waals surface area (Å²) in [5.74, 6) is 0.724. The van der Waals surface area contributed by atoms with E-state index in [2.05, 4.69) is 21.2 Å². The van der Waals surface area contributed by atoms with Crippen LogP contribution in [0.1, 0.15) is 67.3 Å². The molecule has 0 atom stereocenters. The fraction of sp³-hybridized carbons (Fsp3) is 0.632. The Kier molecular flexibility index (Phi) is 5.06. The smallest absolute Gasteiger partial charge is 0.303 e. The minimum Gasteiger partial charge on any atom is -0.481 e. The Hall–Kier alpha value is -2.15. The number of carbonyl (C=O) groups is 1. The zero-order valence-corrected chi connectivity index (χ0v) is 15.1. The number of nitrogens with zero attached hydrogens (tertiary/aromatic N) is 4. The number of aliphatic carboxylic acids is 1. The maximum atomic E-state index is 10.7. The highest BCUT2D eigenvalue weighted by molar-refractivity contribution is 5.66. The number of rotatable bonds is 6. The summed E-state index contributed by atoms with van der Waals surface area (Å²) in [6.07, 6.45) is 7.02. The van der Waals surface area contributed by atoms with Crippen LogP contribution in [0.5, 0.6) is 0 Å². The molecule has 2 aromatic rings. The van der Waals surface area contributed by atoms with Gasteiger partial charge in [0.1, 0.15) is 0 Å². The van der Waals surface area contributed by atoms with E-state index in [1.54, 1.807) is 0 Å². The van der Waals surface area contributed by atoms with Crippen LogP contribution in [-0.4, -0.2) is 37.5 Å². The van der Waals surface area contributed by atoms with Gasteiger partial charge in [0.25, 0.3) is 0 Å². The summed E-state index contributed by atoms with van der Waals surface area (Å²) in [7, 11) is 0. The van der Waals surface area contributed by atoms with Crippen molar-refractivity contribution in [1.29, 1.82) is 0 Å². The van der Waals surface area contributed by atoms with Crippen molar-refractivity contribution in [3.8, 4) is 0 Å². The first kappa shape index (κ1) is 17.3. The van der Waals surface area contributed by atoms with Crippen molar-refractivity contribution in [3.05, 3.63) is 35.0 Å².